The first kappa shape index (κ1) is 15.2. The molecule has 2 aromatic carbocycles. The summed E-state index contributed by atoms with van der Waals surface area (Å²) in [5, 5.41) is 4.39. The predicted molar refractivity (Wildman–Crippen MR) is 84.7 cm³/mol. The van der Waals surface area contributed by atoms with Crippen molar-refractivity contribution < 1.29 is 4.74 Å². The number of aryl methyl sites for hydroxylation is 1. The van der Waals surface area contributed by atoms with E-state index in [2.05, 4.69) is 18.3 Å². The Morgan fingerprint density at radius 3 is 2.45 bits per heavy atom. The Bertz CT molecular complexity index is 579. The molecule has 4 heteroatoms. The van der Waals surface area contributed by atoms with E-state index in [0.29, 0.717) is 16.7 Å². The Morgan fingerprint density at radius 2 is 1.80 bits per heavy atom. The summed E-state index contributed by atoms with van der Waals surface area (Å²) in [4.78, 5) is 0. The Labute approximate surface area is 129 Å². The monoisotopic (exact) mass is 309 g/mol. The zero-order valence-electron chi connectivity index (χ0n) is 11.5. The maximum Gasteiger partial charge on any atom is 0.124 e. The van der Waals surface area contributed by atoms with Gasteiger partial charge in [0.1, 0.15) is 12.4 Å². The van der Waals surface area contributed by atoms with E-state index in [9.17, 15) is 0 Å². The van der Waals surface area contributed by atoms with E-state index < -0.39 is 0 Å². The molecule has 0 amide bonds. The van der Waals surface area contributed by atoms with Crippen molar-refractivity contribution in [3.05, 3.63) is 63.1 Å². The van der Waals surface area contributed by atoms with Crippen molar-refractivity contribution in [3.63, 3.8) is 0 Å². The SMILES string of the molecule is CNCc1cc(C)ccc1OCc1c(Cl)cccc1Cl. The van der Waals surface area contributed by atoms with Crippen LogP contribution in [-0.2, 0) is 13.2 Å². The van der Waals surface area contributed by atoms with Gasteiger partial charge >= 0.3 is 0 Å². The molecule has 1 N–H and O–H groups in total. The molecule has 0 radical (unpaired) electrons. The third-order valence-corrected chi connectivity index (χ3v) is 3.73. The fourth-order valence-electron chi connectivity index (χ4n) is 2.00. The number of hydrogen-bond acceptors (Lipinski definition) is 2. The van der Waals surface area contributed by atoms with Crippen LogP contribution >= 0.6 is 23.2 Å². The third kappa shape index (κ3) is 3.66. The highest BCUT2D eigenvalue weighted by Crippen LogP contribution is 2.27. The zero-order valence-corrected chi connectivity index (χ0v) is 13.1. The van der Waals surface area contributed by atoms with Crippen LogP contribution in [0.2, 0.25) is 10.0 Å². The number of nitrogens with one attached hydrogen (secondary N) is 1. The minimum absolute atomic E-state index is 0.359. The molecule has 0 aliphatic heterocycles. The number of benzene rings is 2. The summed E-state index contributed by atoms with van der Waals surface area (Å²) < 4.78 is 5.88. The van der Waals surface area contributed by atoms with Crippen LogP contribution in [0, 0.1) is 6.92 Å². The number of hydrogen-bond donors (Lipinski definition) is 1. The lowest BCUT2D eigenvalue weighted by Gasteiger charge is -2.13. The first-order valence-corrected chi connectivity index (χ1v) is 7.17. The number of ether oxygens (including phenoxy) is 1. The summed E-state index contributed by atoms with van der Waals surface area (Å²) in [6.45, 7) is 3.18. The predicted octanol–water partition coefficient (Wildman–Crippen LogP) is 4.60. The van der Waals surface area contributed by atoms with Gasteiger partial charge in [0.2, 0.25) is 0 Å². The van der Waals surface area contributed by atoms with Gasteiger partial charge in [-0.05, 0) is 32.2 Å². The van der Waals surface area contributed by atoms with Gasteiger partial charge in [0.05, 0.1) is 0 Å². The minimum Gasteiger partial charge on any atom is -0.488 e. The third-order valence-electron chi connectivity index (χ3n) is 3.02. The molecule has 0 aromatic heterocycles. The lowest BCUT2D eigenvalue weighted by Crippen LogP contribution is -2.08. The fraction of sp³-hybridized carbons (Fsp3) is 0.250. The summed E-state index contributed by atoms with van der Waals surface area (Å²) in [6.07, 6.45) is 0. The molecule has 0 fully saturated rings. The van der Waals surface area contributed by atoms with Gasteiger partial charge in [0, 0.05) is 27.7 Å². The molecule has 0 aliphatic carbocycles. The molecular formula is C16H17Cl2NO. The lowest BCUT2D eigenvalue weighted by molar-refractivity contribution is 0.302. The van der Waals surface area contributed by atoms with Gasteiger partial charge in [-0.2, -0.15) is 0 Å². The van der Waals surface area contributed by atoms with Gasteiger partial charge < -0.3 is 10.1 Å². The molecule has 2 rings (SSSR count). The molecule has 0 unspecified atom stereocenters. The molecule has 0 aliphatic rings. The molecule has 0 heterocycles. The van der Waals surface area contributed by atoms with Gasteiger partial charge in [-0.1, -0.05) is 47.0 Å². The maximum atomic E-state index is 6.15. The Morgan fingerprint density at radius 1 is 1.10 bits per heavy atom. The summed E-state index contributed by atoms with van der Waals surface area (Å²) in [6, 6.07) is 11.6. The second-order valence-electron chi connectivity index (χ2n) is 4.63. The van der Waals surface area contributed by atoms with E-state index in [0.717, 1.165) is 23.4 Å². The first-order valence-electron chi connectivity index (χ1n) is 6.41. The van der Waals surface area contributed by atoms with Crippen molar-refractivity contribution >= 4 is 23.2 Å². The van der Waals surface area contributed by atoms with Crippen molar-refractivity contribution in [1.82, 2.24) is 5.32 Å². The van der Waals surface area contributed by atoms with E-state index in [1.54, 1.807) is 0 Å². The van der Waals surface area contributed by atoms with Crippen LogP contribution in [0.1, 0.15) is 16.7 Å². The van der Waals surface area contributed by atoms with Crippen molar-refractivity contribution in [2.45, 2.75) is 20.1 Å². The summed E-state index contributed by atoms with van der Waals surface area (Å²) >= 11 is 12.3. The molecule has 2 nitrogen and oxygen atoms in total. The molecule has 106 valence electrons. The van der Waals surface area contributed by atoms with Crippen molar-refractivity contribution in [2.75, 3.05) is 7.05 Å². The molecule has 0 bridgehead atoms. The average molecular weight is 310 g/mol. The van der Waals surface area contributed by atoms with E-state index in [4.69, 9.17) is 27.9 Å². The van der Waals surface area contributed by atoms with Gasteiger partial charge in [-0.3, -0.25) is 0 Å². The number of halogens is 2. The average Bonchev–Trinajstić information content (AvgIpc) is 2.40. The van der Waals surface area contributed by atoms with Crippen molar-refractivity contribution in [2.24, 2.45) is 0 Å². The molecule has 0 saturated heterocycles. The Kier molecular flexibility index (Phi) is 5.30. The molecule has 2 aromatic rings. The van der Waals surface area contributed by atoms with Crippen LogP contribution < -0.4 is 10.1 Å². The highest BCUT2D eigenvalue weighted by atomic mass is 35.5. The standard InChI is InChI=1S/C16H17Cl2NO/c1-11-6-7-16(12(8-11)9-19-2)20-10-13-14(17)4-3-5-15(13)18/h3-8,19H,9-10H2,1-2H3. The van der Waals surface area contributed by atoms with Crippen LogP contribution in [0.5, 0.6) is 5.75 Å². The lowest BCUT2D eigenvalue weighted by atomic mass is 10.1. The van der Waals surface area contributed by atoms with E-state index >= 15 is 0 Å². The smallest absolute Gasteiger partial charge is 0.124 e. The normalized spacial score (nSPS) is 10.6. The quantitative estimate of drug-likeness (QED) is 0.871. The molecule has 0 spiro atoms. The van der Waals surface area contributed by atoms with Gasteiger partial charge in [-0.15, -0.1) is 0 Å². The second kappa shape index (κ2) is 6.98. The largest absolute Gasteiger partial charge is 0.488 e. The Balaban J connectivity index is 2.18. The molecule has 0 saturated carbocycles. The van der Waals surface area contributed by atoms with E-state index in [1.165, 1.54) is 5.56 Å². The summed E-state index contributed by atoms with van der Waals surface area (Å²) in [7, 11) is 1.91. The van der Waals surface area contributed by atoms with Crippen LogP contribution in [0.3, 0.4) is 0 Å². The van der Waals surface area contributed by atoms with Gasteiger partial charge in [0.15, 0.2) is 0 Å². The van der Waals surface area contributed by atoms with Crippen LogP contribution in [-0.4, -0.2) is 7.05 Å². The van der Waals surface area contributed by atoms with Gasteiger partial charge in [0.25, 0.3) is 0 Å². The van der Waals surface area contributed by atoms with E-state index in [1.807, 2.05) is 37.4 Å². The Hall–Kier alpha value is -1.22. The first-order chi connectivity index (χ1) is 9.61. The summed E-state index contributed by atoms with van der Waals surface area (Å²) in [5.74, 6) is 0.848. The fourth-order valence-corrected chi connectivity index (χ4v) is 2.50. The summed E-state index contributed by atoms with van der Waals surface area (Å²) in [5.41, 5.74) is 3.14. The highest BCUT2D eigenvalue weighted by Gasteiger charge is 2.08. The van der Waals surface area contributed by atoms with Crippen LogP contribution in [0.15, 0.2) is 36.4 Å². The highest BCUT2D eigenvalue weighted by molar-refractivity contribution is 6.35. The molecule has 0 atom stereocenters. The second-order valence-corrected chi connectivity index (χ2v) is 5.44. The van der Waals surface area contributed by atoms with Crippen molar-refractivity contribution in [1.29, 1.82) is 0 Å². The zero-order chi connectivity index (χ0) is 14.5. The maximum absolute atomic E-state index is 6.15. The van der Waals surface area contributed by atoms with Crippen LogP contribution in [0.25, 0.3) is 0 Å². The molecular weight excluding hydrogens is 293 g/mol. The van der Waals surface area contributed by atoms with Crippen LogP contribution in [0.4, 0.5) is 0 Å². The minimum atomic E-state index is 0.359. The van der Waals surface area contributed by atoms with Crippen molar-refractivity contribution in [3.8, 4) is 5.75 Å². The van der Waals surface area contributed by atoms with E-state index in [-0.39, 0.29) is 0 Å². The topological polar surface area (TPSA) is 21.3 Å². The number of rotatable bonds is 5. The van der Waals surface area contributed by atoms with Gasteiger partial charge in [-0.25, -0.2) is 0 Å². The molecule has 20 heavy (non-hydrogen) atoms.